The number of hydrogen-bond donors (Lipinski definition) is 3. The molecule has 262 valence electrons. The molecule has 6 fully saturated rings. The van der Waals surface area contributed by atoms with Gasteiger partial charge < -0.3 is 30.4 Å². The van der Waals surface area contributed by atoms with Crippen LogP contribution in [0, 0.1) is 56.7 Å². The lowest BCUT2D eigenvalue weighted by atomic mass is 9.35. The van der Waals surface area contributed by atoms with E-state index >= 15 is 0 Å². The Kier molecular flexibility index (Phi) is 7.88. The van der Waals surface area contributed by atoms with Gasteiger partial charge in [0.25, 0.3) is 0 Å². The van der Waals surface area contributed by atoms with Crippen molar-refractivity contribution in [2.45, 2.75) is 118 Å². The SMILES string of the molecule is CN=C(N)NC(C)CO[C@H]1[C@H](OC(C)=O)C23C[C@]24C2=CC(=O)[C@@]5(C)[C@H](C(=O)O)[C@@](C)([C@H](C)C(C)C)CC[C@]5(C)[C@H]2CC[C@H]4[C@]1(C)CO3. The fourth-order valence-corrected chi connectivity index (χ4v) is 12.2. The number of rotatable bonds is 8. The van der Waals surface area contributed by atoms with E-state index in [9.17, 15) is 19.5 Å². The number of ether oxygens (including phenoxy) is 3. The Morgan fingerprint density at radius 2 is 1.81 bits per heavy atom. The zero-order chi connectivity index (χ0) is 34.7. The Balaban J connectivity index is 1.42. The van der Waals surface area contributed by atoms with Crippen molar-refractivity contribution in [1.82, 2.24) is 5.32 Å². The zero-order valence-corrected chi connectivity index (χ0v) is 30.1. The number of aliphatic imine (C=N–C) groups is 1. The normalized spacial score (nSPS) is 47.9. The standard InChI is InChI=1S/C37H57N3O7/c1-19(2)21(4)32(6)13-14-34(8)23-11-12-25-33(7)18-46-37(29(47-22(5)41)28(33)45-16-20(3)40-31(38)39-10)17-36(25,37)24(23)15-26(42)35(34,9)27(32)30(43)44/h15,19-21,23,25,27-29H,11-14,16-18H2,1-10H3,(H,43,44)(H3,38,39,40)/t20?,21-,23+,25+,27-,28+,29+,32-,33+,34-,35+,36-,37?/m1/s1. The van der Waals surface area contributed by atoms with Crippen LogP contribution in [0.15, 0.2) is 16.6 Å². The number of carbonyl (C=O) groups excluding carboxylic acids is 2. The summed E-state index contributed by atoms with van der Waals surface area (Å²) in [5, 5.41) is 14.1. The lowest BCUT2D eigenvalue weighted by Gasteiger charge is -2.68. The molecule has 0 radical (unpaired) electrons. The van der Waals surface area contributed by atoms with Gasteiger partial charge in [-0.25, -0.2) is 0 Å². The number of nitrogens with one attached hydrogen (secondary N) is 1. The van der Waals surface area contributed by atoms with Crippen molar-refractivity contribution in [1.29, 1.82) is 0 Å². The maximum absolute atomic E-state index is 14.8. The van der Waals surface area contributed by atoms with Crippen LogP contribution in [0.3, 0.4) is 0 Å². The summed E-state index contributed by atoms with van der Waals surface area (Å²) in [4.78, 5) is 44.8. The Labute approximate surface area is 280 Å². The van der Waals surface area contributed by atoms with Gasteiger partial charge >= 0.3 is 11.9 Å². The third kappa shape index (κ3) is 4.21. The summed E-state index contributed by atoms with van der Waals surface area (Å²) >= 11 is 0. The van der Waals surface area contributed by atoms with Gasteiger partial charge in [0.2, 0.25) is 0 Å². The van der Waals surface area contributed by atoms with Crippen molar-refractivity contribution in [3.63, 3.8) is 0 Å². The van der Waals surface area contributed by atoms with Gasteiger partial charge in [-0.15, -0.1) is 0 Å². The number of nitrogens with two attached hydrogens (primary N) is 1. The first-order chi connectivity index (χ1) is 21.8. The first-order valence-electron chi connectivity index (χ1n) is 17.7. The van der Waals surface area contributed by atoms with Gasteiger partial charge in [0.1, 0.15) is 11.7 Å². The molecule has 2 bridgehead atoms. The van der Waals surface area contributed by atoms with Gasteiger partial charge in [-0.1, -0.05) is 54.0 Å². The summed E-state index contributed by atoms with van der Waals surface area (Å²) in [5.41, 5.74) is 3.18. The minimum Gasteiger partial charge on any atom is -0.481 e. The van der Waals surface area contributed by atoms with E-state index in [1.54, 1.807) is 7.05 Å². The predicted octanol–water partition coefficient (Wildman–Crippen LogP) is 4.75. The van der Waals surface area contributed by atoms with Crippen molar-refractivity contribution in [2.24, 2.45) is 67.4 Å². The number of fused-ring (bicyclic) bond motifs is 5. The molecule has 7 aliphatic rings. The molecule has 13 atom stereocenters. The quantitative estimate of drug-likeness (QED) is 0.191. The predicted molar refractivity (Wildman–Crippen MR) is 177 cm³/mol. The lowest BCUT2D eigenvalue weighted by Crippen LogP contribution is -2.72. The highest BCUT2D eigenvalue weighted by Gasteiger charge is 2.90. The molecule has 10 heteroatoms. The number of ketones is 1. The third-order valence-corrected chi connectivity index (χ3v) is 15.1. The van der Waals surface area contributed by atoms with Crippen LogP contribution in [0.1, 0.15) is 94.4 Å². The molecule has 4 saturated carbocycles. The Bertz CT molecular complexity index is 1430. The molecule has 2 heterocycles. The van der Waals surface area contributed by atoms with E-state index in [0.717, 1.165) is 31.3 Å². The summed E-state index contributed by atoms with van der Waals surface area (Å²) in [6.45, 7) is 19.1. The number of guanidine groups is 1. The summed E-state index contributed by atoms with van der Waals surface area (Å²) in [6, 6.07) is -0.118. The number of aliphatic carboxylic acids is 1. The lowest BCUT2D eigenvalue weighted by molar-refractivity contribution is -0.300. The van der Waals surface area contributed by atoms with Crippen LogP contribution >= 0.6 is 0 Å². The number of carboxylic acid groups (broad SMARTS) is 1. The topological polar surface area (TPSA) is 150 Å². The minimum atomic E-state index is -1.05. The van der Waals surface area contributed by atoms with Gasteiger partial charge in [0.15, 0.2) is 17.8 Å². The molecule has 4 N–H and O–H groups in total. The first-order valence-corrected chi connectivity index (χ1v) is 17.7. The van der Waals surface area contributed by atoms with Crippen LogP contribution in [0.2, 0.25) is 0 Å². The minimum absolute atomic E-state index is 0.0333. The second-order valence-electron chi connectivity index (χ2n) is 17.3. The number of carboxylic acids is 1. The summed E-state index contributed by atoms with van der Waals surface area (Å²) in [6.07, 6.45) is 4.81. The van der Waals surface area contributed by atoms with E-state index in [0.29, 0.717) is 31.5 Å². The second-order valence-corrected chi connectivity index (χ2v) is 17.3. The van der Waals surface area contributed by atoms with Crippen molar-refractivity contribution < 1.29 is 33.7 Å². The van der Waals surface area contributed by atoms with Crippen molar-refractivity contribution in [3.05, 3.63) is 11.6 Å². The van der Waals surface area contributed by atoms with E-state index in [4.69, 9.17) is 19.9 Å². The number of esters is 1. The highest BCUT2D eigenvalue weighted by Crippen LogP contribution is 2.85. The summed E-state index contributed by atoms with van der Waals surface area (Å²) in [7, 11) is 1.63. The van der Waals surface area contributed by atoms with E-state index < -0.39 is 56.8 Å². The van der Waals surface area contributed by atoms with Crippen LogP contribution < -0.4 is 11.1 Å². The van der Waals surface area contributed by atoms with Crippen molar-refractivity contribution in [3.8, 4) is 0 Å². The van der Waals surface area contributed by atoms with Gasteiger partial charge in [0, 0.05) is 36.3 Å². The molecule has 2 unspecified atom stereocenters. The number of allylic oxidation sites excluding steroid dienone is 1. The van der Waals surface area contributed by atoms with Crippen molar-refractivity contribution >= 4 is 23.7 Å². The molecule has 7 rings (SSSR count). The Morgan fingerprint density at radius 3 is 2.40 bits per heavy atom. The number of carbonyl (C=O) groups is 3. The largest absolute Gasteiger partial charge is 0.481 e. The van der Waals surface area contributed by atoms with E-state index in [2.05, 4.69) is 51.9 Å². The fraction of sp³-hybridized carbons (Fsp3) is 0.838. The average Bonchev–Trinajstić information content (AvgIpc) is 3.67. The molecule has 5 aliphatic carbocycles. The van der Waals surface area contributed by atoms with Crippen LogP contribution in [0.25, 0.3) is 0 Å². The van der Waals surface area contributed by atoms with Crippen LogP contribution in [0.4, 0.5) is 0 Å². The van der Waals surface area contributed by atoms with Crippen LogP contribution in [-0.4, -0.2) is 72.9 Å². The van der Waals surface area contributed by atoms with Gasteiger partial charge in [0.05, 0.1) is 19.1 Å². The maximum Gasteiger partial charge on any atom is 0.308 e. The smallest absolute Gasteiger partial charge is 0.308 e. The third-order valence-electron chi connectivity index (χ3n) is 15.1. The Morgan fingerprint density at radius 1 is 1.13 bits per heavy atom. The molecular formula is C37H57N3O7. The molecule has 10 nitrogen and oxygen atoms in total. The first kappa shape index (κ1) is 34.4. The monoisotopic (exact) mass is 655 g/mol. The van der Waals surface area contributed by atoms with Gasteiger partial charge in [-0.2, -0.15) is 0 Å². The molecule has 0 amide bonds. The average molecular weight is 656 g/mol. The van der Waals surface area contributed by atoms with Gasteiger partial charge in [-0.3, -0.25) is 19.4 Å². The van der Waals surface area contributed by atoms with Crippen molar-refractivity contribution in [2.75, 3.05) is 20.3 Å². The van der Waals surface area contributed by atoms with Crippen LogP contribution in [-0.2, 0) is 28.6 Å². The molecule has 2 spiro atoms. The molecule has 2 aliphatic heterocycles. The molecular weight excluding hydrogens is 598 g/mol. The van der Waals surface area contributed by atoms with E-state index in [1.165, 1.54) is 6.92 Å². The molecule has 0 aromatic carbocycles. The molecule has 47 heavy (non-hydrogen) atoms. The zero-order valence-electron chi connectivity index (χ0n) is 30.1. The second kappa shape index (κ2) is 10.8. The van der Waals surface area contributed by atoms with E-state index in [-0.39, 0.29) is 35.5 Å². The summed E-state index contributed by atoms with van der Waals surface area (Å²) in [5.74, 6) is -1.17. The number of hydrogen-bond acceptors (Lipinski definition) is 7. The molecule has 0 aromatic rings. The highest BCUT2D eigenvalue weighted by atomic mass is 16.6. The summed E-state index contributed by atoms with van der Waals surface area (Å²) < 4.78 is 19.6. The Hall–Kier alpha value is -2.46. The van der Waals surface area contributed by atoms with Gasteiger partial charge in [-0.05, 0) is 79.6 Å². The highest BCUT2D eigenvalue weighted by molar-refractivity contribution is 6.01. The number of nitrogens with zero attached hydrogens (tertiary/aromatic N) is 1. The van der Waals surface area contributed by atoms with Crippen LogP contribution in [0.5, 0.6) is 0 Å². The molecule has 0 aromatic heterocycles. The molecule has 2 saturated heterocycles. The fourth-order valence-electron chi connectivity index (χ4n) is 12.2. The van der Waals surface area contributed by atoms with E-state index in [1.807, 2.05) is 19.9 Å². The maximum atomic E-state index is 14.8.